The molecule has 2 saturated heterocycles. The lowest BCUT2D eigenvalue weighted by Gasteiger charge is -2.39. The third-order valence-corrected chi connectivity index (χ3v) is 5.46. The van der Waals surface area contributed by atoms with E-state index in [-0.39, 0.29) is 12.4 Å². The molecule has 13 heteroatoms. The summed E-state index contributed by atoms with van der Waals surface area (Å²) in [4.78, 5) is 10.9. The van der Waals surface area contributed by atoms with Crippen LogP contribution in [0.1, 0.15) is 11.7 Å². The Morgan fingerprint density at radius 2 is 1.70 bits per heavy atom. The maximum Gasteiger partial charge on any atom is 0.186 e. The number of rotatable bonds is 5. The van der Waals surface area contributed by atoms with E-state index in [1.807, 2.05) is 0 Å². The van der Waals surface area contributed by atoms with Gasteiger partial charge in [-0.3, -0.25) is 0 Å². The molecule has 9 N–H and O–H groups in total. The van der Waals surface area contributed by atoms with Gasteiger partial charge in [-0.15, -0.1) is 0 Å². The van der Waals surface area contributed by atoms with Crippen LogP contribution in [0.3, 0.4) is 0 Å². The van der Waals surface area contributed by atoms with Gasteiger partial charge < -0.3 is 55.6 Å². The number of fused-ring (bicyclic) bond motifs is 1. The molecule has 2 aliphatic rings. The van der Waals surface area contributed by atoms with E-state index in [1.54, 1.807) is 6.20 Å². The van der Waals surface area contributed by atoms with Crippen LogP contribution in [0.15, 0.2) is 12.5 Å². The van der Waals surface area contributed by atoms with E-state index in [2.05, 4.69) is 15.0 Å². The van der Waals surface area contributed by atoms with Crippen LogP contribution >= 0.6 is 0 Å². The van der Waals surface area contributed by atoms with Crippen molar-refractivity contribution in [1.82, 2.24) is 15.0 Å². The van der Waals surface area contributed by atoms with E-state index in [0.29, 0.717) is 16.6 Å². The number of hydrogen-bond acceptors (Lipinski definition) is 12. The van der Waals surface area contributed by atoms with Crippen molar-refractivity contribution in [2.75, 3.05) is 18.9 Å². The van der Waals surface area contributed by atoms with E-state index in [4.69, 9.17) is 19.9 Å². The topological polar surface area (TPSA) is 217 Å². The average Bonchev–Trinajstić information content (AvgIpc) is 3.28. The summed E-state index contributed by atoms with van der Waals surface area (Å²) in [6.45, 7) is -0.906. The Kier molecular flexibility index (Phi) is 5.89. The molecule has 0 radical (unpaired) electrons. The number of aliphatic hydroxyl groups is 6. The van der Waals surface area contributed by atoms with Gasteiger partial charge in [-0.05, 0) is 0 Å². The van der Waals surface area contributed by atoms with Gasteiger partial charge in [0.2, 0.25) is 0 Å². The molecule has 0 aliphatic carbocycles. The minimum atomic E-state index is -1.59. The van der Waals surface area contributed by atoms with Crippen LogP contribution in [0.5, 0.6) is 0 Å². The number of nitrogens with one attached hydrogen (secondary N) is 1. The summed E-state index contributed by atoms with van der Waals surface area (Å²) in [6, 6.07) is 0. The van der Waals surface area contributed by atoms with Crippen LogP contribution < -0.4 is 5.73 Å². The highest BCUT2D eigenvalue weighted by Crippen LogP contribution is 2.37. The first-order chi connectivity index (χ1) is 14.3. The van der Waals surface area contributed by atoms with Crippen molar-refractivity contribution in [2.24, 2.45) is 0 Å². The summed E-state index contributed by atoms with van der Waals surface area (Å²) in [5.41, 5.74) is 7.18. The molecule has 2 aliphatic heterocycles. The highest BCUT2D eigenvalue weighted by atomic mass is 16.7. The summed E-state index contributed by atoms with van der Waals surface area (Å²) in [6.07, 6.45) is -8.95. The zero-order valence-corrected chi connectivity index (χ0v) is 15.6. The van der Waals surface area contributed by atoms with Gasteiger partial charge in [0.1, 0.15) is 60.7 Å². The molecule has 30 heavy (non-hydrogen) atoms. The van der Waals surface area contributed by atoms with Crippen molar-refractivity contribution in [2.45, 2.75) is 55.1 Å². The third kappa shape index (κ3) is 3.53. The summed E-state index contributed by atoms with van der Waals surface area (Å²) >= 11 is 0. The predicted molar refractivity (Wildman–Crippen MR) is 97.6 cm³/mol. The summed E-state index contributed by atoms with van der Waals surface area (Å²) in [5.74, 6) is 0.224. The number of aliphatic hydroxyl groups excluding tert-OH is 6. The zero-order chi connectivity index (χ0) is 21.6. The number of ether oxygens (including phenoxy) is 3. The minimum Gasteiger partial charge on any atom is -0.394 e. The normalized spacial score (nSPS) is 39.6. The number of H-pyrrole nitrogens is 1. The fourth-order valence-corrected chi connectivity index (χ4v) is 3.73. The van der Waals surface area contributed by atoms with Crippen LogP contribution in [-0.4, -0.2) is 108 Å². The van der Waals surface area contributed by atoms with Crippen LogP contribution in [0, 0.1) is 0 Å². The minimum absolute atomic E-state index is 0.224. The number of nitrogens with two attached hydrogens (primary N) is 1. The van der Waals surface area contributed by atoms with Gasteiger partial charge in [-0.2, -0.15) is 0 Å². The molecule has 166 valence electrons. The maximum absolute atomic E-state index is 10.5. The van der Waals surface area contributed by atoms with E-state index < -0.39 is 61.7 Å². The number of aromatic amines is 1. The van der Waals surface area contributed by atoms with Crippen molar-refractivity contribution in [3.8, 4) is 0 Å². The van der Waals surface area contributed by atoms with Crippen molar-refractivity contribution in [1.29, 1.82) is 0 Å². The van der Waals surface area contributed by atoms with Crippen LogP contribution in [0.25, 0.3) is 11.0 Å². The molecule has 0 bridgehead atoms. The van der Waals surface area contributed by atoms with E-state index >= 15 is 0 Å². The summed E-state index contributed by atoms with van der Waals surface area (Å²) in [5, 5.41) is 59.8. The van der Waals surface area contributed by atoms with Gasteiger partial charge in [-0.1, -0.05) is 0 Å². The van der Waals surface area contributed by atoms with Crippen molar-refractivity contribution >= 4 is 16.9 Å². The van der Waals surface area contributed by atoms with E-state index in [1.165, 1.54) is 6.33 Å². The van der Waals surface area contributed by atoms with E-state index in [0.717, 1.165) is 0 Å². The van der Waals surface area contributed by atoms with Gasteiger partial charge in [-0.25, -0.2) is 9.97 Å². The number of aromatic nitrogens is 3. The fourth-order valence-electron chi connectivity index (χ4n) is 3.73. The number of nitrogen functional groups attached to an aromatic ring is 1. The number of nitrogens with zero attached hydrogens (tertiary/aromatic N) is 2. The monoisotopic (exact) mass is 428 g/mol. The van der Waals surface area contributed by atoms with E-state index in [9.17, 15) is 30.6 Å². The molecule has 9 unspecified atom stereocenters. The Bertz CT molecular complexity index is 880. The first-order valence-electron chi connectivity index (χ1n) is 9.34. The molecule has 0 amide bonds. The Morgan fingerprint density at radius 1 is 0.967 bits per heavy atom. The molecular weight excluding hydrogens is 404 g/mol. The molecule has 4 rings (SSSR count). The van der Waals surface area contributed by atoms with Crippen molar-refractivity contribution in [3.05, 3.63) is 18.1 Å². The average molecular weight is 428 g/mol. The molecule has 2 fully saturated rings. The number of hydrogen-bond donors (Lipinski definition) is 8. The van der Waals surface area contributed by atoms with Gasteiger partial charge >= 0.3 is 0 Å². The second-order valence-corrected chi connectivity index (χ2v) is 7.33. The SMILES string of the molecule is Nc1ncnc2c(C3OC(COC4OC(CO)C(O)C(O)C4O)C(O)C3O)c[nH]c12. The Balaban J connectivity index is 1.45. The smallest absolute Gasteiger partial charge is 0.186 e. The molecule has 0 aromatic carbocycles. The Labute approximate surface area is 169 Å². The first kappa shape index (κ1) is 21.3. The second-order valence-electron chi connectivity index (χ2n) is 7.33. The molecular formula is C17H24N4O9. The molecule has 2 aromatic heterocycles. The van der Waals surface area contributed by atoms with Crippen molar-refractivity contribution < 1.29 is 44.8 Å². The van der Waals surface area contributed by atoms with Gasteiger partial charge in [0.15, 0.2) is 12.1 Å². The quantitative estimate of drug-likeness (QED) is 0.233. The lowest BCUT2D eigenvalue weighted by atomic mass is 9.99. The molecule has 13 nitrogen and oxygen atoms in total. The first-order valence-corrected chi connectivity index (χ1v) is 9.34. The standard InChI is InChI=1S/C17H24N4O9/c18-16-9-8(20-4-21-16)5(1-19-9)15-13(26)11(24)7(29-15)3-28-17-14(27)12(25)10(23)6(2-22)30-17/h1,4,6-7,10-15,17,19,22-27H,2-3H2,(H2,18,20,21). The molecule has 0 saturated carbocycles. The highest BCUT2D eigenvalue weighted by molar-refractivity contribution is 5.87. The fraction of sp³-hybridized carbons (Fsp3) is 0.647. The third-order valence-electron chi connectivity index (χ3n) is 5.46. The molecule has 2 aromatic rings. The lowest BCUT2D eigenvalue weighted by Crippen LogP contribution is -2.59. The summed E-state index contributed by atoms with van der Waals surface area (Å²) < 4.78 is 16.4. The molecule has 9 atom stereocenters. The second kappa shape index (κ2) is 8.30. The Hall–Kier alpha value is -1.94. The maximum atomic E-state index is 10.5. The zero-order valence-electron chi connectivity index (χ0n) is 15.6. The Morgan fingerprint density at radius 3 is 2.43 bits per heavy atom. The van der Waals surface area contributed by atoms with Crippen molar-refractivity contribution in [3.63, 3.8) is 0 Å². The number of anilines is 1. The van der Waals surface area contributed by atoms with Gasteiger partial charge in [0.05, 0.1) is 18.7 Å². The lowest BCUT2D eigenvalue weighted by molar-refractivity contribution is -0.306. The van der Waals surface area contributed by atoms with Crippen LogP contribution in [0.2, 0.25) is 0 Å². The van der Waals surface area contributed by atoms with Crippen LogP contribution in [0.4, 0.5) is 5.82 Å². The molecule has 0 spiro atoms. The van der Waals surface area contributed by atoms with Gasteiger partial charge in [0, 0.05) is 11.8 Å². The largest absolute Gasteiger partial charge is 0.394 e. The van der Waals surface area contributed by atoms with Gasteiger partial charge in [0.25, 0.3) is 0 Å². The highest BCUT2D eigenvalue weighted by Gasteiger charge is 2.47. The summed E-state index contributed by atoms with van der Waals surface area (Å²) in [7, 11) is 0. The predicted octanol–water partition coefficient (Wildman–Crippen LogP) is -3.48. The molecule has 4 heterocycles. The van der Waals surface area contributed by atoms with Crippen LogP contribution in [-0.2, 0) is 14.2 Å².